The quantitative estimate of drug-likeness (QED) is 0.623. The molecule has 2 rings (SSSR count). The molecule has 4 N–H and O–H groups in total. The monoisotopic (exact) mass is 241 g/mol. The van der Waals surface area contributed by atoms with Crippen molar-refractivity contribution in [1.29, 1.82) is 0 Å². The van der Waals surface area contributed by atoms with E-state index in [4.69, 9.17) is 11.5 Å². The number of aromatic nitrogens is 1. The van der Waals surface area contributed by atoms with Gasteiger partial charge in [-0.2, -0.15) is 5.11 Å². The summed E-state index contributed by atoms with van der Waals surface area (Å²) in [6.07, 6.45) is 0. The molecule has 0 saturated heterocycles. The molecule has 1 aromatic heterocycles. The molecule has 0 bridgehead atoms. The van der Waals surface area contributed by atoms with Crippen LogP contribution in [0.25, 0.3) is 0 Å². The minimum atomic E-state index is 0.277. The molecule has 5 heteroatoms. The van der Waals surface area contributed by atoms with Crippen molar-refractivity contribution in [1.82, 2.24) is 4.98 Å². The lowest BCUT2D eigenvalue weighted by Crippen LogP contribution is -1.95. The van der Waals surface area contributed by atoms with Crippen molar-refractivity contribution in [3.05, 3.63) is 55.6 Å². The molecular weight excluding hydrogens is 226 g/mol. The van der Waals surface area contributed by atoms with Gasteiger partial charge in [0.2, 0.25) is 0 Å². The molecule has 0 aliphatic rings. The second-order valence-corrected chi connectivity index (χ2v) is 3.18. The molecule has 5 nitrogen and oxygen atoms in total. The summed E-state index contributed by atoms with van der Waals surface area (Å²) in [5.74, 6) is 0.649. The van der Waals surface area contributed by atoms with Crippen LogP contribution in [0, 0.1) is 0 Å². The van der Waals surface area contributed by atoms with E-state index in [0.29, 0.717) is 11.5 Å². The van der Waals surface area contributed by atoms with Crippen LogP contribution in [0.1, 0.15) is 0 Å². The number of azo groups is 1. The van der Waals surface area contributed by atoms with E-state index >= 15 is 0 Å². The Bertz CT molecular complexity index is 522. The zero-order valence-corrected chi connectivity index (χ0v) is 9.95. The van der Waals surface area contributed by atoms with Crippen molar-refractivity contribution in [2.45, 2.75) is 0 Å². The molecular formula is C13H15N5. The Kier molecular flexibility index (Phi) is 5.05. The van der Waals surface area contributed by atoms with Crippen molar-refractivity contribution >= 4 is 23.0 Å². The topological polar surface area (TPSA) is 89.6 Å². The Morgan fingerprint density at radius 3 is 2.17 bits per heavy atom. The number of benzene rings is 1. The first-order valence-electron chi connectivity index (χ1n) is 5.24. The normalized spacial score (nSPS) is 9.78. The summed E-state index contributed by atoms with van der Waals surface area (Å²) in [6, 6.07) is 12.7. The van der Waals surface area contributed by atoms with Gasteiger partial charge in [0, 0.05) is 0 Å². The molecule has 0 unspecified atom stereocenters. The highest BCUT2D eigenvalue weighted by molar-refractivity contribution is 5.60. The molecule has 0 radical (unpaired) electrons. The first kappa shape index (κ1) is 13.4. The van der Waals surface area contributed by atoms with Crippen LogP contribution in [0.4, 0.5) is 23.0 Å². The van der Waals surface area contributed by atoms with Gasteiger partial charge in [-0.1, -0.05) is 18.2 Å². The van der Waals surface area contributed by atoms with Gasteiger partial charge in [-0.3, -0.25) is 0 Å². The maximum absolute atomic E-state index is 5.64. The largest absolute Gasteiger partial charge is 0.384 e. The van der Waals surface area contributed by atoms with Gasteiger partial charge in [-0.25, -0.2) is 4.98 Å². The van der Waals surface area contributed by atoms with Crippen LogP contribution < -0.4 is 11.5 Å². The van der Waals surface area contributed by atoms with Crippen LogP contribution in [0.15, 0.2) is 65.9 Å². The first-order valence-corrected chi connectivity index (χ1v) is 5.24. The Morgan fingerprint density at radius 2 is 1.56 bits per heavy atom. The maximum Gasteiger partial charge on any atom is 0.153 e. The lowest BCUT2D eigenvalue weighted by Gasteiger charge is -1.98. The lowest BCUT2D eigenvalue weighted by atomic mass is 10.3. The van der Waals surface area contributed by atoms with Gasteiger partial charge in [-0.15, -0.1) is 18.3 Å². The van der Waals surface area contributed by atoms with Crippen LogP contribution in [0.5, 0.6) is 0 Å². The van der Waals surface area contributed by atoms with Crippen molar-refractivity contribution in [2.24, 2.45) is 10.2 Å². The van der Waals surface area contributed by atoms with Gasteiger partial charge in [0.25, 0.3) is 0 Å². The summed E-state index contributed by atoms with van der Waals surface area (Å²) in [5.41, 5.74) is 12.4. The molecule has 0 saturated carbocycles. The highest BCUT2D eigenvalue weighted by Gasteiger charge is 1.98. The zero-order valence-electron chi connectivity index (χ0n) is 9.95. The van der Waals surface area contributed by atoms with E-state index in [1.165, 1.54) is 0 Å². The molecule has 0 spiro atoms. The maximum atomic E-state index is 5.64. The summed E-state index contributed by atoms with van der Waals surface area (Å²) in [6.45, 7) is 6.00. The average molecular weight is 241 g/mol. The zero-order chi connectivity index (χ0) is 13.4. The smallest absolute Gasteiger partial charge is 0.153 e. The average Bonchev–Trinajstić information content (AvgIpc) is 2.41. The number of anilines is 2. The van der Waals surface area contributed by atoms with Gasteiger partial charge in [0.1, 0.15) is 11.5 Å². The molecule has 0 amide bonds. The Hall–Kier alpha value is -2.69. The SMILES string of the molecule is C=C.Nc1ccc(N=Nc2ccccc2)c(N)n1. The molecule has 0 aliphatic carbocycles. The van der Waals surface area contributed by atoms with Gasteiger partial charge in [0.05, 0.1) is 5.69 Å². The Balaban J connectivity index is 0.000000771. The van der Waals surface area contributed by atoms with Crippen LogP contribution in [-0.4, -0.2) is 4.98 Å². The fraction of sp³-hybridized carbons (Fsp3) is 0. The standard InChI is InChI=1S/C11H11N5.C2H4/c12-10-7-6-9(11(13)14-10)16-15-8-4-2-1-3-5-8;1-2/h1-7H,(H4,12,13,14);1-2H2. The van der Waals surface area contributed by atoms with E-state index in [-0.39, 0.29) is 5.82 Å². The Morgan fingerprint density at radius 1 is 0.889 bits per heavy atom. The molecule has 1 aromatic carbocycles. The highest BCUT2D eigenvalue weighted by Crippen LogP contribution is 2.23. The van der Waals surface area contributed by atoms with E-state index in [9.17, 15) is 0 Å². The second-order valence-electron chi connectivity index (χ2n) is 3.18. The van der Waals surface area contributed by atoms with E-state index in [1.807, 2.05) is 30.3 Å². The lowest BCUT2D eigenvalue weighted by molar-refractivity contribution is 1.21. The number of pyridine rings is 1. The predicted octanol–water partition coefficient (Wildman–Crippen LogP) is 3.46. The highest BCUT2D eigenvalue weighted by atomic mass is 15.1. The molecule has 2 aromatic rings. The summed E-state index contributed by atoms with van der Waals surface area (Å²) < 4.78 is 0. The van der Waals surface area contributed by atoms with Crippen LogP contribution in [0.2, 0.25) is 0 Å². The number of nitrogen functional groups attached to an aromatic ring is 2. The minimum Gasteiger partial charge on any atom is -0.384 e. The second kappa shape index (κ2) is 6.80. The summed E-state index contributed by atoms with van der Waals surface area (Å²) >= 11 is 0. The van der Waals surface area contributed by atoms with Gasteiger partial charge in [-0.05, 0) is 24.3 Å². The molecule has 0 aliphatic heterocycles. The third-order valence-corrected chi connectivity index (χ3v) is 1.95. The summed E-state index contributed by atoms with van der Waals surface area (Å²) in [7, 11) is 0. The predicted molar refractivity (Wildman–Crippen MR) is 74.9 cm³/mol. The minimum absolute atomic E-state index is 0.277. The molecule has 0 fully saturated rings. The van der Waals surface area contributed by atoms with Crippen LogP contribution in [0.3, 0.4) is 0 Å². The molecule has 92 valence electrons. The Labute approximate surface area is 106 Å². The summed E-state index contributed by atoms with van der Waals surface area (Å²) in [5, 5.41) is 8.03. The number of rotatable bonds is 2. The third-order valence-electron chi connectivity index (χ3n) is 1.95. The number of nitrogens with two attached hydrogens (primary N) is 2. The van der Waals surface area contributed by atoms with Crippen LogP contribution in [-0.2, 0) is 0 Å². The van der Waals surface area contributed by atoms with Gasteiger partial charge < -0.3 is 11.5 Å². The van der Waals surface area contributed by atoms with E-state index in [0.717, 1.165) is 5.69 Å². The van der Waals surface area contributed by atoms with Crippen molar-refractivity contribution < 1.29 is 0 Å². The molecule has 18 heavy (non-hydrogen) atoms. The van der Waals surface area contributed by atoms with E-state index in [1.54, 1.807) is 12.1 Å². The van der Waals surface area contributed by atoms with Crippen molar-refractivity contribution in [3.63, 3.8) is 0 Å². The fourth-order valence-electron chi connectivity index (χ4n) is 1.17. The van der Waals surface area contributed by atoms with E-state index < -0.39 is 0 Å². The van der Waals surface area contributed by atoms with Gasteiger partial charge in [0.15, 0.2) is 5.82 Å². The summed E-state index contributed by atoms with van der Waals surface area (Å²) in [4.78, 5) is 3.89. The van der Waals surface area contributed by atoms with E-state index in [2.05, 4.69) is 28.4 Å². The van der Waals surface area contributed by atoms with Gasteiger partial charge >= 0.3 is 0 Å². The third kappa shape index (κ3) is 3.71. The van der Waals surface area contributed by atoms with Crippen LogP contribution >= 0.6 is 0 Å². The molecule has 0 atom stereocenters. The number of hydrogen-bond donors (Lipinski definition) is 2. The van der Waals surface area contributed by atoms with Crippen molar-refractivity contribution in [3.8, 4) is 0 Å². The molecule has 1 heterocycles. The number of nitrogens with zero attached hydrogens (tertiary/aromatic N) is 3. The fourth-order valence-corrected chi connectivity index (χ4v) is 1.17. The number of hydrogen-bond acceptors (Lipinski definition) is 5. The first-order chi connectivity index (χ1) is 8.75. The van der Waals surface area contributed by atoms with Crippen molar-refractivity contribution in [2.75, 3.05) is 11.5 Å².